The van der Waals surface area contributed by atoms with Crippen molar-refractivity contribution in [2.75, 3.05) is 26.2 Å². The van der Waals surface area contributed by atoms with Gasteiger partial charge >= 0.3 is 0 Å². The van der Waals surface area contributed by atoms with Gasteiger partial charge in [0, 0.05) is 26.2 Å². The first-order valence-electron chi connectivity index (χ1n) is 4.71. The first-order valence-corrected chi connectivity index (χ1v) is 4.71. The second-order valence-electron chi connectivity index (χ2n) is 3.13. The summed E-state index contributed by atoms with van der Waals surface area (Å²) in [5.74, 6) is 0.478. The van der Waals surface area contributed by atoms with Crippen molar-refractivity contribution in [2.24, 2.45) is 5.92 Å². The second-order valence-corrected chi connectivity index (χ2v) is 3.13. The molecule has 1 aliphatic rings. The molecule has 1 fully saturated rings. The Labute approximate surface area is 74.1 Å². The van der Waals surface area contributed by atoms with E-state index >= 15 is 0 Å². The maximum atomic E-state index is 11.7. The Balaban J connectivity index is 2.43. The molecule has 3 nitrogen and oxygen atoms in total. The lowest BCUT2D eigenvalue weighted by Gasteiger charge is -2.21. The van der Waals surface area contributed by atoms with Crippen LogP contribution in [0.15, 0.2) is 0 Å². The van der Waals surface area contributed by atoms with Crippen LogP contribution in [-0.2, 0) is 4.79 Å². The molecule has 1 unspecified atom stereocenters. The number of carbonyl (C=O) groups excluding carboxylic acids is 1. The summed E-state index contributed by atoms with van der Waals surface area (Å²) in [6.45, 7) is 7.31. The molecule has 0 aromatic carbocycles. The van der Waals surface area contributed by atoms with Gasteiger partial charge in [0.2, 0.25) is 5.91 Å². The quantitative estimate of drug-likeness (QED) is 0.605. The summed E-state index contributed by atoms with van der Waals surface area (Å²) in [6, 6.07) is 0. The predicted molar refractivity (Wildman–Crippen MR) is 47.9 cm³/mol. The van der Waals surface area contributed by atoms with Gasteiger partial charge < -0.3 is 4.90 Å². The molecular weight excluding hydrogens is 152 g/mol. The molecule has 0 aromatic rings. The Bertz CT molecular complexity index is 145. The van der Waals surface area contributed by atoms with Crippen LogP contribution in [0.3, 0.4) is 0 Å². The Hall–Kier alpha value is -0.570. The topological polar surface area (TPSA) is 34.4 Å². The van der Waals surface area contributed by atoms with Crippen molar-refractivity contribution >= 4 is 5.91 Å². The average molecular weight is 169 g/mol. The molecule has 1 radical (unpaired) electrons. The fraction of sp³-hybridized carbons (Fsp3) is 0.889. The number of rotatable bonds is 3. The van der Waals surface area contributed by atoms with Crippen LogP contribution in [0.25, 0.3) is 0 Å². The van der Waals surface area contributed by atoms with Crippen LogP contribution in [-0.4, -0.2) is 37.0 Å². The van der Waals surface area contributed by atoms with Gasteiger partial charge in [0.15, 0.2) is 0 Å². The maximum Gasteiger partial charge on any atom is 0.227 e. The number of nitrogens with zero attached hydrogens (tertiary/aromatic N) is 2. The highest BCUT2D eigenvalue weighted by molar-refractivity contribution is 5.79. The van der Waals surface area contributed by atoms with Crippen molar-refractivity contribution in [2.45, 2.75) is 20.3 Å². The molecule has 0 bridgehead atoms. The van der Waals surface area contributed by atoms with E-state index in [0.29, 0.717) is 5.91 Å². The van der Waals surface area contributed by atoms with Crippen molar-refractivity contribution in [1.82, 2.24) is 10.2 Å². The first kappa shape index (κ1) is 9.52. The molecule has 0 saturated carbocycles. The van der Waals surface area contributed by atoms with Crippen molar-refractivity contribution in [3.05, 3.63) is 0 Å². The van der Waals surface area contributed by atoms with Crippen LogP contribution in [0.4, 0.5) is 0 Å². The summed E-state index contributed by atoms with van der Waals surface area (Å²) in [4.78, 5) is 13.6. The lowest BCUT2D eigenvalue weighted by molar-refractivity contribution is -0.134. The minimum absolute atomic E-state index is 0.185. The van der Waals surface area contributed by atoms with Gasteiger partial charge in [0.25, 0.3) is 0 Å². The van der Waals surface area contributed by atoms with Gasteiger partial charge in [-0.05, 0) is 20.3 Å². The first-order chi connectivity index (χ1) is 5.79. The maximum absolute atomic E-state index is 11.7. The predicted octanol–water partition coefficient (Wildman–Crippen LogP) is 0.479. The molecule has 0 aliphatic carbocycles. The Morgan fingerprint density at radius 3 is 2.58 bits per heavy atom. The third kappa shape index (κ3) is 1.97. The zero-order valence-corrected chi connectivity index (χ0v) is 7.92. The Kier molecular flexibility index (Phi) is 3.53. The molecule has 1 amide bonds. The summed E-state index contributed by atoms with van der Waals surface area (Å²) < 4.78 is 0. The van der Waals surface area contributed by atoms with Crippen LogP contribution >= 0.6 is 0 Å². The van der Waals surface area contributed by atoms with E-state index in [0.717, 1.165) is 32.6 Å². The number of hydrogen-bond acceptors (Lipinski definition) is 1. The standard InChI is InChI=1S/C9H17N2O/c1-3-11(4-2)9(12)8-5-6-10-7-8/h8H,3-7H2,1-2H3. The van der Waals surface area contributed by atoms with Gasteiger partial charge in [-0.2, -0.15) is 0 Å². The normalized spacial score (nSPS) is 22.7. The molecule has 12 heavy (non-hydrogen) atoms. The lowest BCUT2D eigenvalue weighted by atomic mass is 10.1. The lowest BCUT2D eigenvalue weighted by Crippen LogP contribution is -2.36. The summed E-state index contributed by atoms with van der Waals surface area (Å²) >= 11 is 0. The van der Waals surface area contributed by atoms with Crippen LogP contribution in [0.5, 0.6) is 0 Å². The molecule has 1 aliphatic heterocycles. The molecule has 1 heterocycles. The van der Waals surface area contributed by atoms with E-state index in [4.69, 9.17) is 0 Å². The summed E-state index contributed by atoms with van der Waals surface area (Å²) in [6.07, 6.45) is 0.954. The molecule has 0 spiro atoms. The summed E-state index contributed by atoms with van der Waals surface area (Å²) in [5.41, 5.74) is 0. The molecule has 69 valence electrons. The van der Waals surface area contributed by atoms with Gasteiger partial charge in [0.05, 0.1) is 5.92 Å². The highest BCUT2D eigenvalue weighted by atomic mass is 16.2. The fourth-order valence-electron chi connectivity index (χ4n) is 1.58. The Morgan fingerprint density at radius 1 is 1.50 bits per heavy atom. The van der Waals surface area contributed by atoms with E-state index in [1.165, 1.54) is 0 Å². The smallest absolute Gasteiger partial charge is 0.227 e. The average Bonchev–Trinajstić information content (AvgIpc) is 2.58. The van der Waals surface area contributed by atoms with E-state index in [9.17, 15) is 4.79 Å². The minimum atomic E-state index is 0.185. The van der Waals surface area contributed by atoms with Crippen molar-refractivity contribution in [3.8, 4) is 0 Å². The number of hydrogen-bond donors (Lipinski definition) is 0. The zero-order valence-electron chi connectivity index (χ0n) is 7.92. The molecule has 0 N–H and O–H groups in total. The molecule has 3 heteroatoms. The van der Waals surface area contributed by atoms with E-state index < -0.39 is 0 Å². The highest BCUT2D eigenvalue weighted by Crippen LogP contribution is 2.12. The SMILES string of the molecule is CCN(CC)C(=O)C1CC[N]C1. The number of amides is 1. The molecule has 1 saturated heterocycles. The summed E-state index contributed by atoms with van der Waals surface area (Å²) in [5, 5.41) is 4.19. The van der Waals surface area contributed by atoms with Gasteiger partial charge in [-0.1, -0.05) is 0 Å². The second kappa shape index (κ2) is 4.45. The summed E-state index contributed by atoms with van der Waals surface area (Å²) in [7, 11) is 0. The number of carbonyl (C=O) groups is 1. The minimum Gasteiger partial charge on any atom is -0.343 e. The van der Waals surface area contributed by atoms with E-state index in [1.807, 2.05) is 18.7 Å². The van der Waals surface area contributed by atoms with Gasteiger partial charge in [-0.3, -0.25) is 4.79 Å². The molecular formula is C9H17N2O. The van der Waals surface area contributed by atoms with E-state index in [2.05, 4.69) is 5.32 Å². The molecule has 1 rings (SSSR count). The van der Waals surface area contributed by atoms with Crippen molar-refractivity contribution in [1.29, 1.82) is 0 Å². The molecule has 1 atom stereocenters. The van der Waals surface area contributed by atoms with E-state index in [1.54, 1.807) is 0 Å². The Morgan fingerprint density at radius 2 is 2.17 bits per heavy atom. The van der Waals surface area contributed by atoms with Crippen molar-refractivity contribution in [3.63, 3.8) is 0 Å². The van der Waals surface area contributed by atoms with Crippen LogP contribution < -0.4 is 5.32 Å². The molecule has 0 aromatic heterocycles. The third-order valence-electron chi connectivity index (χ3n) is 2.41. The van der Waals surface area contributed by atoms with Crippen molar-refractivity contribution < 1.29 is 4.79 Å². The van der Waals surface area contributed by atoms with Gasteiger partial charge in [-0.15, -0.1) is 0 Å². The zero-order chi connectivity index (χ0) is 8.97. The third-order valence-corrected chi connectivity index (χ3v) is 2.41. The van der Waals surface area contributed by atoms with Gasteiger partial charge in [-0.25, -0.2) is 5.32 Å². The largest absolute Gasteiger partial charge is 0.343 e. The van der Waals surface area contributed by atoms with Crippen LogP contribution in [0.2, 0.25) is 0 Å². The van der Waals surface area contributed by atoms with E-state index in [-0.39, 0.29) is 5.92 Å². The highest BCUT2D eigenvalue weighted by Gasteiger charge is 2.25. The fourth-order valence-corrected chi connectivity index (χ4v) is 1.58. The van der Waals surface area contributed by atoms with Crippen LogP contribution in [0, 0.1) is 5.92 Å². The monoisotopic (exact) mass is 169 g/mol. The van der Waals surface area contributed by atoms with Crippen LogP contribution in [0.1, 0.15) is 20.3 Å². The van der Waals surface area contributed by atoms with Gasteiger partial charge in [0.1, 0.15) is 0 Å².